The van der Waals surface area contributed by atoms with Crippen molar-refractivity contribution >= 4 is 17.6 Å². The molecular weight excluding hydrogens is 376 g/mol. The van der Waals surface area contributed by atoms with Crippen LogP contribution in [-0.2, 0) is 20.7 Å². The Hall–Kier alpha value is -3.13. The van der Waals surface area contributed by atoms with Gasteiger partial charge in [0.15, 0.2) is 5.78 Å². The summed E-state index contributed by atoms with van der Waals surface area (Å²) in [6.45, 7) is 0.464. The number of likely N-dealkylation sites (tertiary alicyclic amines) is 1. The number of carbonyl (C=O) groups excluding carboxylic acids is 3. The fourth-order valence-corrected chi connectivity index (χ4v) is 3.94. The number of benzene rings is 1. The number of Topliss-reactive ketones (excluding diaryl/α,β-unsaturated/α-hetero) is 1. The third kappa shape index (κ3) is 4.02. The number of furan rings is 1. The summed E-state index contributed by atoms with van der Waals surface area (Å²) in [7, 11) is 0. The molecular formula is C21H22N2O6. The quantitative estimate of drug-likeness (QED) is 0.786. The Morgan fingerprint density at radius 3 is 2.76 bits per heavy atom. The molecule has 3 atom stereocenters. The number of phenols is 1. The maximum Gasteiger partial charge on any atom is 0.255 e. The first kappa shape index (κ1) is 19.2. The molecule has 29 heavy (non-hydrogen) atoms. The lowest BCUT2D eigenvalue weighted by Crippen LogP contribution is -2.58. The number of hydrogen-bond acceptors (Lipinski definition) is 6. The number of nitrogens with one attached hydrogen (secondary N) is 1. The van der Waals surface area contributed by atoms with Crippen molar-refractivity contribution in [2.45, 2.75) is 37.5 Å². The minimum Gasteiger partial charge on any atom is -0.508 e. The number of amides is 2. The van der Waals surface area contributed by atoms with E-state index in [4.69, 9.17) is 9.15 Å². The molecule has 1 aromatic heterocycles. The number of ketones is 1. The van der Waals surface area contributed by atoms with Gasteiger partial charge in [-0.05, 0) is 36.6 Å². The van der Waals surface area contributed by atoms with Gasteiger partial charge in [-0.15, -0.1) is 0 Å². The van der Waals surface area contributed by atoms with Crippen LogP contribution in [0.5, 0.6) is 5.75 Å². The minimum atomic E-state index is -0.867. The molecule has 2 fully saturated rings. The van der Waals surface area contributed by atoms with Crippen LogP contribution < -0.4 is 5.32 Å². The van der Waals surface area contributed by atoms with E-state index in [0.717, 1.165) is 18.4 Å². The average Bonchev–Trinajstić information content (AvgIpc) is 3.39. The molecule has 0 radical (unpaired) electrons. The highest BCUT2D eigenvalue weighted by atomic mass is 16.5. The Bertz CT molecular complexity index is 892. The standard InChI is InChI=1S/C21H22N2O6/c24-15-5-3-13(4-6-15)10-16(22-20(26)14-7-9-28-11-14)21(27)23-8-1-2-18-19(23)17(25)12-29-18/h3-7,9,11,16,18-19,24H,1-2,8,10,12H2,(H,22,26)/t16-,18+,19+/m0/s1. The Balaban J connectivity index is 1.57. The topological polar surface area (TPSA) is 109 Å². The van der Waals surface area contributed by atoms with Gasteiger partial charge in [0.25, 0.3) is 5.91 Å². The van der Waals surface area contributed by atoms with Crippen LogP contribution >= 0.6 is 0 Å². The van der Waals surface area contributed by atoms with Gasteiger partial charge in [0.1, 0.15) is 30.7 Å². The van der Waals surface area contributed by atoms with Crippen LogP contribution in [0.1, 0.15) is 28.8 Å². The zero-order valence-electron chi connectivity index (χ0n) is 15.7. The number of fused-ring (bicyclic) bond motifs is 1. The molecule has 0 saturated carbocycles. The maximum absolute atomic E-state index is 13.4. The Labute approximate surface area is 167 Å². The second-order valence-corrected chi connectivity index (χ2v) is 7.34. The molecule has 2 saturated heterocycles. The van der Waals surface area contributed by atoms with E-state index in [1.165, 1.54) is 30.7 Å². The van der Waals surface area contributed by atoms with E-state index >= 15 is 0 Å². The Morgan fingerprint density at radius 2 is 2.03 bits per heavy atom. The number of hydrogen-bond donors (Lipinski definition) is 2. The molecule has 0 unspecified atom stereocenters. The van der Waals surface area contributed by atoms with Crippen molar-refractivity contribution in [1.82, 2.24) is 10.2 Å². The van der Waals surface area contributed by atoms with Crippen molar-refractivity contribution in [2.75, 3.05) is 13.2 Å². The lowest BCUT2D eigenvalue weighted by molar-refractivity contribution is -0.142. The Kier molecular flexibility index (Phi) is 5.35. The molecule has 0 aliphatic carbocycles. The maximum atomic E-state index is 13.4. The summed E-state index contributed by atoms with van der Waals surface area (Å²) >= 11 is 0. The largest absolute Gasteiger partial charge is 0.508 e. The molecule has 2 aromatic rings. The van der Waals surface area contributed by atoms with Gasteiger partial charge in [-0.25, -0.2) is 0 Å². The summed E-state index contributed by atoms with van der Waals surface area (Å²) in [5.41, 5.74) is 1.08. The summed E-state index contributed by atoms with van der Waals surface area (Å²) in [5, 5.41) is 12.3. The molecule has 152 valence electrons. The first-order valence-corrected chi connectivity index (χ1v) is 9.58. The van der Waals surface area contributed by atoms with Crippen molar-refractivity contribution in [2.24, 2.45) is 0 Å². The average molecular weight is 398 g/mol. The summed E-state index contributed by atoms with van der Waals surface area (Å²) < 4.78 is 10.5. The number of piperidine rings is 1. The van der Waals surface area contributed by atoms with Gasteiger partial charge in [-0.1, -0.05) is 12.1 Å². The van der Waals surface area contributed by atoms with Crippen LogP contribution in [-0.4, -0.2) is 58.9 Å². The van der Waals surface area contributed by atoms with Gasteiger partial charge in [0.2, 0.25) is 5.91 Å². The predicted octanol–water partition coefficient (Wildman–Crippen LogP) is 1.29. The number of rotatable bonds is 5. The molecule has 3 heterocycles. The van der Waals surface area contributed by atoms with Crippen molar-refractivity contribution < 1.29 is 28.6 Å². The van der Waals surface area contributed by atoms with Crippen LogP contribution in [0.2, 0.25) is 0 Å². The highest BCUT2D eigenvalue weighted by molar-refractivity contribution is 5.99. The predicted molar refractivity (Wildman–Crippen MR) is 101 cm³/mol. The molecule has 8 nitrogen and oxygen atoms in total. The number of aromatic hydroxyl groups is 1. The van der Waals surface area contributed by atoms with Crippen molar-refractivity contribution in [1.29, 1.82) is 0 Å². The van der Waals surface area contributed by atoms with Gasteiger partial charge in [-0.3, -0.25) is 14.4 Å². The van der Waals surface area contributed by atoms with Gasteiger partial charge >= 0.3 is 0 Å². The fourth-order valence-electron chi connectivity index (χ4n) is 3.94. The first-order valence-electron chi connectivity index (χ1n) is 9.58. The van der Waals surface area contributed by atoms with Crippen LogP contribution in [0.25, 0.3) is 0 Å². The van der Waals surface area contributed by atoms with E-state index in [0.29, 0.717) is 12.1 Å². The van der Waals surface area contributed by atoms with E-state index in [1.54, 1.807) is 17.0 Å². The third-order valence-corrected chi connectivity index (χ3v) is 5.39. The molecule has 2 N–H and O–H groups in total. The van der Waals surface area contributed by atoms with E-state index in [1.807, 2.05) is 0 Å². The number of ether oxygens (including phenoxy) is 1. The number of nitrogens with zero attached hydrogens (tertiary/aromatic N) is 1. The summed E-state index contributed by atoms with van der Waals surface area (Å²) in [4.78, 5) is 39.8. The van der Waals surface area contributed by atoms with Crippen LogP contribution in [0.3, 0.4) is 0 Å². The van der Waals surface area contributed by atoms with Gasteiger partial charge < -0.3 is 24.5 Å². The van der Waals surface area contributed by atoms with Crippen molar-refractivity contribution in [3.05, 3.63) is 54.0 Å². The zero-order valence-corrected chi connectivity index (χ0v) is 15.7. The lowest BCUT2D eigenvalue weighted by atomic mass is 9.95. The van der Waals surface area contributed by atoms with Crippen molar-refractivity contribution in [3.8, 4) is 5.75 Å². The fraction of sp³-hybridized carbons (Fsp3) is 0.381. The van der Waals surface area contributed by atoms with E-state index in [2.05, 4.69) is 5.32 Å². The molecule has 2 aliphatic rings. The number of phenolic OH excluding ortho intramolecular Hbond substituents is 1. The SMILES string of the molecule is O=C(N[C@@H](Cc1ccc(O)cc1)C(=O)N1CCC[C@H]2OCC(=O)[C@H]21)c1ccoc1. The second kappa shape index (κ2) is 8.08. The highest BCUT2D eigenvalue weighted by Gasteiger charge is 2.45. The molecule has 4 rings (SSSR count). The molecule has 8 heteroatoms. The zero-order chi connectivity index (χ0) is 20.4. The molecule has 2 aliphatic heterocycles. The van der Waals surface area contributed by atoms with Crippen LogP contribution in [0.4, 0.5) is 0 Å². The third-order valence-electron chi connectivity index (χ3n) is 5.39. The molecule has 1 aromatic carbocycles. The van der Waals surface area contributed by atoms with Gasteiger partial charge in [0, 0.05) is 13.0 Å². The molecule has 2 amide bonds. The lowest BCUT2D eigenvalue weighted by Gasteiger charge is -2.37. The van der Waals surface area contributed by atoms with E-state index < -0.39 is 18.0 Å². The van der Waals surface area contributed by atoms with Crippen LogP contribution in [0, 0.1) is 0 Å². The van der Waals surface area contributed by atoms with E-state index in [9.17, 15) is 19.5 Å². The molecule has 0 spiro atoms. The summed E-state index contributed by atoms with van der Waals surface area (Å²) in [6, 6.07) is 6.51. The first-order chi connectivity index (χ1) is 14.0. The van der Waals surface area contributed by atoms with Gasteiger partial charge in [-0.2, -0.15) is 0 Å². The highest BCUT2D eigenvalue weighted by Crippen LogP contribution is 2.27. The second-order valence-electron chi connectivity index (χ2n) is 7.34. The van der Waals surface area contributed by atoms with Crippen LogP contribution in [0.15, 0.2) is 47.3 Å². The van der Waals surface area contributed by atoms with E-state index in [-0.39, 0.29) is 36.6 Å². The molecule has 0 bridgehead atoms. The summed E-state index contributed by atoms with van der Waals surface area (Å²) in [6.07, 6.45) is 4.12. The smallest absolute Gasteiger partial charge is 0.255 e. The Morgan fingerprint density at radius 1 is 1.24 bits per heavy atom. The minimum absolute atomic E-state index is 0.0170. The van der Waals surface area contributed by atoms with Gasteiger partial charge in [0.05, 0.1) is 17.9 Å². The normalized spacial score (nSPS) is 22.2. The monoisotopic (exact) mass is 398 g/mol. The number of carbonyl (C=O) groups is 3. The van der Waals surface area contributed by atoms with Crippen molar-refractivity contribution in [3.63, 3.8) is 0 Å². The summed E-state index contributed by atoms with van der Waals surface area (Å²) in [5.74, 6) is -0.735.